The lowest BCUT2D eigenvalue weighted by Gasteiger charge is -2.25. The van der Waals surface area contributed by atoms with E-state index >= 15 is 0 Å². The topological polar surface area (TPSA) is 27.1 Å². The van der Waals surface area contributed by atoms with Gasteiger partial charge in [0.05, 0.1) is 19.0 Å². The summed E-state index contributed by atoms with van der Waals surface area (Å²) in [5.41, 5.74) is 1.48. The SMILES string of the molecule is CCn1ncc(OC)c1CCC(Br)C(C)(C)C. The second-order valence-electron chi connectivity index (χ2n) is 5.35. The molecule has 0 aromatic carbocycles. The highest BCUT2D eigenvalue weighted by Gasteiger charge is 2.22. The number of hydrogen-bond donors (Lipinski definition) is 0. The molecule has 0 N–H and O–H groups in total. The van der Waals surface area contributed by atoms with E-state index in [1.165, 1.54) is 5.69 Å². The van der Waals surface area contributed by atoms with E-state index in [0.717, 1.165) is 25.1 Å². The summed E-state index contributed by atoms with van der Waals surface area (Å²) in [6, 6.07) is 0. The summed E-state index contributed by atoms with van der Waals surface area (Å²) in [5.74, 6) is 0.903. The first kappa shape index (κ1) is 14.6. The van der Waals surface area contributed by atoms with Gasteiger partial charge >= 0.3 is 0 Å². The van der Waals surface area contributed by atoms with Crippen LogP contribution in [-0.4, -0.2) is 21.7 Å². The predicted octanol–water partition coefficient (Wildman–Crippen LogP) is 3.65. The van der Waals surface area contributed by atoms with Crippen LogP contribution in [0.15, 0.2) is 6.20 Å². The Balaban J connectivity index is 2.71. The van der Waals surface area contributed by atoms with Crippen molar-refractivity contribution in [3.8, 4) is 5.75 Å². The smallest absolute Gasteiger partial charge is 0.159 e. The second-order valence-corrected chi connectivity index (χ2v) is 6.45. The molecule has 1 aromatic heterocycles. The van der Waals surface area contributed by atoms with Crippen molar-refractivity contribution in [1.82, 2.24) is 9.78 Å². The van der Waals surface area contributed by atoms with E-state index in [1.807, 2.05) is 4.68 Å². The summed E-state index contributed by atoms with van der Waals surface area (Å²) >= 11 is 3.77. The van der Waals surface area contributed by atoms with Crippen molar-refractivity contribution >= 4 is 15.9 Å². The Hall–Kier alpha value is -0.510. The van der Waals surface area contributed by atoms with Crippen LogP contribution in [0.4, 0.5) is 0 Å². The molecule has 0 spiro atoms. The van der Waals surface area contributed by atoms with Gasteiger partial charge in [-0.25, -0.2) is 0 Å². The van der Waals surface area contributed by atoms with Crippen LogP contribution in [0.5, 0.6) is 5.75 Å². The zero-order valence-electron chi connectivity index (χ0n) is 11.5. The van der Waals surface area contributed by atoms with Crippen LogP contribution < -0.4 is 4.74 Å². The number of hydrogen-bond acceptors (Lipinski definition) is 2. The fourth-order valence-electron chi connectivity index (χ4n) is 1.79. The molecular weight excluding hydrogens is 280 g/mol. The van der Waals surface area contributed by atoms with Crippen LogP contribution in [0.25, 0.3) is 0 Å². The van der Waals surface area contributed by atoms with Crippen molar-refractivity contribution in [3.05, 3.63) is 11.9 Å². The molecule has 4 heteroatoms. The molecule has 3 nitrogen and oxygen atoms in total. The van der Waals surface area contributed by atoms with Gasteiger partial charge in [0.25, 0.3) is 0 Å². The van der Waals surface area contributed by atoms with Crippen molar-refractivity contribution < 1.29 is 4.74 Å². The molecule has 0 amide bonds. The number of ether oxygens (including phenoxy) is 1. The van der Waals surface area contributed by atoms with Gasteiger partial charge in [0.2, 0.25) is 0 Å². The van der Waals surface area contributed by atoms with Crippen molar-refractivity contribution in [3.63, 3.8) is 0 Å². The van der Waals surface area contributed by atoms with Crippen LogP contribution in [-0.2, 0) is 13.0 Å². The van der Waals surface area contributed by atoms with Crippen LogP contribution in [0.2, 0.25) is 0 Å². The van der Waals surface area contributed by atoms with Crippen LogP contribution in [0.1, 0.15) is 39.8 Å². The van der Waals surface area contributed by atoms with E-state index in [2.05, 4.69) is 48.7 Å². The molecule has 1 rings (SSSR count). The molecular formula is C13H23BrN2O. The van der Waals surface area contributed by atoms with Gasteiger partial charge in [0.15, 0.2) is 5.75 Å². The summed E-state index contributed by atoms with van der Waals surface area (Å²) in [6.45, 7) is 9.74. The van der Waals surface area contributed by atoms with E-state index in [-0.39, 0.29) is 5.41 Å². The van der Waals surface area contributed by atoms with E-state index in [9.17, 15) is 0 Å². The monoisotopic (exact) mass is 302 g/mol. The molecule has 1 unspecified atom stereocenters. The molecule has 0 aliphatic carbocycles. The zero-order valence-corrected chi connectivity index (χ0v) is 13.0. The minimum absolute atomic E-state index is 0.282. The van der Waals surface area contributed by atoms with Gasteiger partial charge in [-0.1, -0.05) is 36.7 Å². The molecule has 17 heavy (non-hydrogen) atoms. The molecule has 1 aromatic rings. The lowest BCUT2D eigenvalue weighted by Crippen LogP contribution is -2.21. The molecule has 0 bridgehead atoms. The van der Waals surface area contributed by atoms with Crippen molar-refractivity contribution in [1.29, 1.82) is 0 Å². The third kappa shape index (κ3) is 3.73. The first-order valence-electron chi connectivity index (χ1n) is 6.12. The van der Waals surface area contributed by atoms with Gasteiger partial charge in [0, 0.05) is 11.4 Å². The van der Waals surface area contributed by atoms with Gasteiger partial charge in [-0.05, 0) is 25.2 Å². The summed E-state index contributed by atoms with van der Waals surface area (Å²) < 4.78 is 7.36. The van der Waals surface area contributed by atoms with Crippen LogP contribution in [0.3, 0.4) is 0 Å². The molecule has 0 fully saturated rings. The summed E-state index contributed by atoms with van der Waals surface area (Å²) in [6.07, 6.45) is 3.88. The third-order valence-electron chi connectivity index (χ3n) is 3.00. The zero-order chi connectivity index (χ0) is 13.1. The Kier molecular flexibility index (Phi) is 5.04. The van der Waals surface area contributed by atoms with Gasteiger partial charge in [0.1, 0.15) is 0 Å². The minimum Gasteiger partial charge on any atom is -0.493 e. The first-order valence-corrected chi connectivity index (χ1v) is 7.04. The highest BCUT2D eigenvalue weighted by molar-refractivity contribution is 9.09. The van der Waals surface area contributed by atoms with E-state index in [0.29, 0.717) is 4.83 Å². The lowest BCUT2D eigenvalue weighted by atomic mass is 9.89. The number of rotatable bonds is 5. The normalized spacial score (nSPS) is 13.8. The fourth-order valence-corrected chi connectivity index (χ4v) is 2.01. The maximum Gasteiger partial charge on any atom is 0.159 e. The Bertz CT molecular complexity index is 333. The highest BCUT2D eigenvalue weighted by atomic mass is 79.9. The molecule has 0 radical (unpaired) electrons. The van der Waals surface area contributed by atoms with Gasteiger partial charge in [-0.3, -0.25) is 4.68 Å². The molecule has 1 heterocycles. The average Bonchev–Trinajstić information content (AvgIpc) is 2.66. The Labute approximate surface area is 113 Å². The maximum absolute atomic E-state index is 5.35. The fraction of sp³-hybridized carbons (Fsp3) is 0.769. The van der Waals surface area contributed by atoms with E-state index < -0.39 is 0 Å². The van der Waals surface area contributed by atoms with Crippen molar-refractivity contribution in [2.75, 3.05) is 7.11 Å². The van der Waals surface area contributed by atoms with E-state index in [4.69, 9.17) is 4.74 Å². The lowest BCUT2D eigenvalue weighted by molar-refractivity contribution is 0.376. The maximum atomic E-state index is 5.35. The number of methoxy groups -OCH3 is 1. The van der Waals surface area contributed by atoms with Gasteiger partial charge < -0.3 is 4.74 Å². The Morgan fingerprint density at radius 1 is 1.47 bits per heavy atom. The number of halogens is 1. The molecule has 0 saturated carbocycles. The summed E-state index contributed by atoms with van der Waals surface area (Å²) in [4.78, 5) is 0.500. The largest absolute Gasteiger partial charge is 0.493 e. The third-order valence-corrected chi connectivity index (χ3v) is 4.84. The minimum atomic E-state index is 0.282. The molecule has 0 aliphatic heterocycles. The molecule has 1 atom stereocenters. The molecule has 0 saturated heterocycles. The number of alkyl halides is 1. The molecule has 0 aliphatic rings. The van der Waals surface area contributed by atoms with Crippen molar-refractivity contribution in [2.24, 2.45) is 5.41 Å². The summed E-state index contributed by atoms with van der Waals surface area (Å²) in [7, 11) is 1.70. The molecule has 98 valence electrons. The van der Waals surface area contributed by atoms with Crippen LogP contribution >= 0.6 is 15.9 Å². The summed E-state index contributed by atoms with van der Waals surface area (Å²) in [5, 5.41) is 4.32. The predicted molar refractivity (Wildman–Crippen MR) is 74.9 cm³/mol. The Morgan fingerprint density at radius 2 is 2.12 bits per heavy atom. The number of aromatic nitrogens is 2. The Morgan fingerprint density at radius 3 is 2.59 bits per heavy atom. The highest BCUT2D eigenvalue weighted by Crippen LogP contribution is 2.31. The first-order chi connectivity index (χ1) is 7.90. The average molecular weight is 303 g/mol. The quantitative estimate of drug-likeness (QED) is 0.776. The van der Waals surface area contributed by atoms with Gasteiger partial charge in [-0.15, -0.1) is 0 Å². The number of nitrogens with zero attached hydrogens (tertiary/aromatic N) is 2. The van der Waals surface area contributed by atoms with Gasteiger partial charge in [-0.2, -0.15) is 5.10 Å². The van der Waals surface area contributed by atoms with Crippen LogP contribution in [0, 0.1) is 5.41 Å². The van der Waals surface area contributed by atoms with Crippen molar-refractivity contribution in [2.45, 2.75) is 51.9 Å². The standard InChI is InChI=1S/C13H23BrN2O/c1-6-16-10(11(17-5)9-15-16)7-8-12(14)13(2,3)4/h9,12H,6-8H2,1-5H3. The van der Waals surface area contributed by atoms with E-state index in [1.54, 1.807) is 13.3 Å². The second kappa shape index (κ2) is 5.89. The number of aryl methyl sites for hydroxylation is 1.